The standard InChI is InChI=1S/C16H22O3/c1-2-16-6-5-10(9-16)7-14(16)19-15(17)12-8-11-3-4-13(12)18-11/h3-4,10-14H,2,5-9H2,1H3. The number of fused-ring (bicyclic) bond motifs is 4. The smallest absolute Gasteiger partial charge is 0.312 e. The third-order valence-electron chi connectivity index (χ3n) is 5.97. The van der Waals surface area contributed by atoms with Gasteiger partial charge in [0.2, 0.25) is 0 Å². The quantitative estimate of drug-likeness (QED) is 0.579. The van der Waals surface area contributed by atoms with E-state index in [1.165, 1.54) is 19.3 Å². The van der Waals surface area contributed by atoms with Gasteiger partial charge in [-0.25, -0.2) is 0 Å². The molecule has 2 aliphatic heterocycles. The summed E-state index contributed by atoms with van der Waals surface area (Å²) >= 11 is 0. The lowest BCUT2D eigenvalue weighted by Crippen LogP contribution is -2.37. The van der Waals surface area contributed by atoms with Crippen molar-refractivity contribution in [3.05, 3.63) is 12.2 Å². The molecular weight excluding hydrogens is 240 g/mol. The highest BCUT2D eigenvalue weighted by Crippen LogP contribution is 2.57. The molecule has 0 aromatic carbocycles. The van der Waals surface area contributed by atoms with Gasteiger partial charge < -0.3 is 9.47 Å². The second kappa shape index (κ2) is 4.08. The Hall–Kier alpha value is -0.830. The zero-order valence-corrected chi connectivity index (χ0v) is 11.5. The van der Waals surface area contributed by atoms with Crippen molar-refractivity contribution < 1.29 is 14.3 Å². The van der Waals surface area contributed by atoms with E-state index in [0.717, 1.165) is 25.2 Å². The summed E-state index contributed by atoms with van der Waals surface area (Å²) in [4.78, 5) is 12.4. The molecule has 3 nitrogen and oxygen atoms in total. The molecule has 19 heavy (non-hydrogen) atoms. The van der Waals surface area contributed by atoms with Crippen molar-refractivity contribution in [1.82, 2.24) is 0 Å². The molecule has 6 atom stereocenters. The fourth-order valence-electron chi connectivity index (χ4n) is 4.77. The Balaban J connectivity index is 1.44. The van der Waals surface area contributed by atoms with Crippen LogP contribution in [0.25, 0.3) is 0 Å². The lowest BCUT2D eigenvalue weighted by Gasteiger charge is -2.34. The molecule has 1 saturated heterocycles. The van der Waals surface area contributed by atoms with Crippen LogP contribution >= 0.6 is 0 Å². The van der Waals surface area contributed by atoms with E-state index >= 15 is 0 Å². The minimum absolute atomic E-state index is 0.0118. The van der Waals surface area contributed by atoms with Crippen LogP contribution in [0, 0.1) is 17.3 Å². The zero-order chi connectivity index (χ0) is 13.0. The molecule has 104 valence electrons. The van der Waals surface area contributed by atoms with Gasteiger partial charge in [-0.05, 0) is 44.4 Å². The molecule has 4 aliphatic rings. The minimum Gasteiger partial charge on any atom is -0.461 e. The van der Waals surface area contributed by atoms with Crippen molar-refractivity contribution >= 4 is 5.97 Å². The molecule has 2 heterocycles. The monoisotopic (exact) mass is 262 g/mol. The summed E-state index contributed by atoms with van der Waals surface area (Å²) in [6.45, 7) is 2.25. The Labute approximate surface area is 114 Å². The van der Waals surface area contributed by atoms with Gasteiger partial charge in [-0.2, -0.15) is 0 Å². The van der Waals surface area contributed by atoms with Gasteiger partial charge in [-0.15, -0.1) is 0 Å². The number of esters is 1. The van der Waals surface area contributed by atoms with Crippen LogP contribution in [0.4, 0.5) is 0 Å². The van der Waals surface area contributed by atoms with Crippen LogP contribution in [0.3, 0.4) is 0 Å². The van der Waals surface area contributed by atoms with Crippen LogP contribution < -0.4 is 0 Å². The van der Waals surface area contributed by atoms with Crippen molar-refractivity contribution in [3.8, 4) is 0 Å². The van der Waals surface area contributed by atoms with Crippen LogP contribution in [0.5, 0.6) is 0 Å². The number of ether oxygens (including phenoxy) is 2. The van der Waals surface area contributed by atoms with Gasteiger partial charge in [0.05, 0.1) is 18.1 Å². The predicted molar refractivity (Wildman–Crippen MR) is 70.5 cm³/mol. The average molecular weight is 262 g/mol. The first-order valence-electron chi connectivity index (χ1n) is 7.74. The highest BCUT2D eigenvalue weighted by atomic mass is 16.6. The molecule has 3 heteroatoms. The topological polar surface area (TPSA) is 35.5 Å². The van der Waals surface area contributed by atoms with Gasteiger partial charge in [0.15, 0.2) is 0 Å². The van der Waals surface area contributed by atoms with Crippen molar-refractivity contribution in [2.45, 2.75) is 63.8 Å². The first-order chi connectivity index (χ1) is 9.20. The first-order valence-corrected chi connectivity index (χ1v) is 7.74. The zero-order valence-electron chi connectivity index (χ0n) is 11.5. The lowest BCUT2D eigenvalue weighted by atomic mass is 9.79. The molecule has 2 aliphatic carbocycles. The van der Waals surface area contributed by atoms with Gasteiger partial charge in [0.1, 0.15) is 6.10 Å². The van der Waals surface area contributed by atoms with E-state index in [-0.39, 0.29) is 30.2 Å². The molecule has 0 amide bonds. The number of hydrogen-bond acceptors (Lipinski definition) is 3. The third-order valence-corrected chi connectivity index (χ3v) is 5.97. The Morgan fingerprint density at radius 1 is 1.42 bits per heavy atom. The molecule has 0 radical (unpaired) electrons. The normalized spacial score (nSPS) is 50.1. The SMILES string of the molecule is CCC12CCC(CC1OC(=O)C1CC3C=CC1O3)C2. The second-order valence-corrected chi connectivity index (χ2v) is 6.85. The first kappa shape index (κ1) is 12.0. The van der Waals surface area contributed by atoms with Crippen molar-refractivity contribution in [2.75, 3.05) is 0 Å². The summed E-state index contributed by atoms with van der Waals surface area (Å²) in [5.74, 6) is 0.735. The van der Waals surface area contributed by atoms with E-state index < -0.39 is 0 Å². The van der Waals surface area contributed by atoms with E-state index in [9.17, 15) is 4.79 Å². The Morgan fingerprint density at radius 2 is 2.32 bits per heavy atom. The average Bonchev–Trinajstić information content (AvgIpc) is 3.17. The summed E-state index contributed by atoms with van der Waals surface area (Å²) in [7, 11) is 0. The van der Waals surface area contributed by atoms with E-state index in [1.807, 2.05) is 6.08 Å². The van der Waals surface area contributed by atoms with Crippen LogP contribution in [0.15, 0.2) is 12.2 Å². The van der Waals surface area contributed by atoms with E-state index in [1.54, 1.807) is 0 Å². The summed E-state index contributed by atoms with van der Waals surface area (Å²) in [5, 5.41) is 0. The molecule has 4 bridgehead atoms. The Kier molecular flexibility index (Phi) is 2.57. The largest absolute Gasteiger partial charge is 0.461 e. The maximum absolute atomic E-state index is 12.4. The van der Waals surface area contributed by atoms with Gasteiger partial charge >= 0.3 is 5.97 Å². The Morgan fingerprint density at radius 3 is 2.95 bits per heavy atom. The maximum atomic E-state index is 12.4. The van der Waals surface area contributed by atoms with Crippen LogP contribution in [-0.2, 0) is 14.3 Å². The van der Waals surface area contributed by atoms with Crippen molar-refractivity contribution in [1.29, 1.82) is 0 Å². The van der Waals surface area contributed by atoms with Crippen LogP contribution in [0.2, 0.25) is 0 Å². The van der Waals surface area contributed by atoms with E-state index in [2.05, 4.69) is 13.0 Å². The van der Waals surface area contributed by atoms with Crippen LogP contribution in [-0.4, -0.2) is 24.3 Å². The third kappa shape index (κ3) is 1.70. The number of hydrogen-bond donors (Lipinski definition) is 0. The number of carbonyl (C=O) groups is 1. The fourth-order valence-corrected chi connectivity index (χ4v) is 4.77. The second-order valence-electron chi connectivity index (χ2n) is 6.85. The minimum atomic E-state index is -0.0527. The molecule has 0 aromatic heterocycles. The molecule has 3 fully saturated rings. The summed E-state index contributed by atoms with van der Waals surface area (Å²) < 4.78 is 11.6. The van der Waals surface area contributed by atoms with Gasteiger partial charge in [-0.3, -0.25) is 4.79 Å². The molecule has 0 spiro atoms. The molecule has 0 N–H and O–H groups in total. The van der Waals surface area contributed by atoms with Crippen molar-refractivity contribution in [3.63, 3.8) is 0 Å². The number of carbonyl (C=O) groups excluding carboxylic acids is 1. The highest BCUT2D eigenvalue weighted by Gasteiger charge is 2.53. The van der Waals surface area contributed by atoms with Gasteiger partial charge in [0.25, 0.3) is 0 Å². The van der Waals surface area contributed by atoms with E-state index in [0.29, 0.717) is 5.41 Å². The van der Waals surface area contributed by atoms with E-state index in [4.69, 9.17) is 9.47 Å². The van der Waals surface area contributed by atoms with Gasteiger partial charge in [0, 0.05) is 5.41 Å². The summed E-state index contributed by atoms with van der Waals surface area (Å²) in [5.41, 5.74) is 0.300. The maximum Gasteiger partial charge on any atom is 0.312 e. The van der Waals surface area contributed by atoms with Gasteiger partial charge in [-0.1, -0.05) is 19.1 Å². The highest BCUT2D eigenvalue weighted by molar-refractivity contribution is 5.74. The fraction of sp³-hybridized carbons (Fsp3) is 0.812. The van der Waals surface area contributed by atoms with Crippen LogP contribution in [0.1, 0.15) is 45.4 Å². The summed E-state index contributed by atoms with van der Waals surface area (Å²) in [6.07, 6.45) is 11.3. The molecule has 6 unspecified atom stereocenters. The molecule has 4 rings (SSSR count). The van der Waals surface area contributed by atoms with Crippen molar-refractivity contribution in [2.24, 2.45) is 17.3 Å². The summed E-state index contributed by atoms with van der Waals surface area (Å²) in [6, 6.07) is 0. The molecular formula is C16H22O3. The number of rotatable bonds is 3. The lowest BCUT2D eigenvalue weighted by molar-refractivity contribution is -0.161. The molecule has 2 saturated carbocycles. The molecule has 0 aromatic rings. The Bertz CT molecular complexity index is 430. The predicted octanol–water partition coefficient (Wildman–Crippen LogP) is 2.84.